The van der Waals surface area contributed by atoms with Crippen molar-refractivity contribution in [2.45, 2.75) is 25.3 Å². The molecule has 0 aromatic carbocycles. The smallest absolute Gasteiger partial charge is 0.106 e. The molecule has 0 N–H and O–H groups in total. The average molecular weight is 187 g/mol. The lowest BCUT2D eigenvalue weighted by Crippen LogP contribution is -1.69. The van der Waals surface area contributed by atoms with Gasteiger partial charge in [0.2, 0.25) is 0 Å². The first-order valence-corrected chi connectivity index (χ1v) is 5.44. The van der Waals surface area contributed by atoms with E-state index in [1.165, 1.54) is 17.2 Å². The zero-order chi connectivity index (χ0) is 8.53. The number of aromatic nitrogens is 1. The fourth-order valence-electron chi connectivity index (χ4n) is 0.401. The minimum Gasteiger partial charge on any atom is -0.249 e. The lowest BCUT2D eigenvalue weighted by Gasteiger charge is -1.87. The molecular weight excluding hydrogens is 174 g/mol. The molecule has 0 radical (unpaired) electrons. The van der Waals surface area contributed by atoms with Crippen molar-refractivity contribution < 1.29 is 0 Å². The van der Waals surface area contributed by atoms with E-state index >= 15 is 0 Å². The fraction of sp³-hybridized carbons (Fsp3) is 0.375. The van der Waals surface area contributed by atoms with Crippen molar-refractivity contribution >= 4 is 22.5 Å². The number of nitrogens with zero attached hydrogens (tertiary/aromatic N) is 1. The standard InChI is InChI=1S/C5H5NS2.C3H8/c7-8-5-3-1-2-4-6-5;1-3-2/h1-4,7H;3H2,1-2H3. The number of thiol groups is 1. The molecule has 0 spiro atoms. The first-order chi connectivity index (χ1) is 5.35. The molecule has 3 heteroatoms. The summed E-state index contributed by atoms with van der Waals surface area (Å²) in [7, 11) is 1.35. The first-order valence-electron chi connectivity index (χ1n) is 3.57. The van der Waals surface area contributed by atoms with Crippen molar-refractivity contribution in [1.29, 1.82) is 0 Å². The van der Waals surface area contributed by atoms with Crippen LogP contribution in [0, 0.1) is 0 Å². The predicted molar refractivity (Wildman–Crippen MR) is 55.0 cm³/mol. The van der Waals surface area contributed by atoms with E-state index in [2.05, 4.69) is 30.5 Å². The third-order valence-electron chi connectivity index (χ3n) is 0.731. The molecule has 11 heavy (non-hydrogen) atoms. The van der Waals surface area contributed by atoms with Crippen LogP contribution in [-0.2, 0) is 0 Å². The maximum absolute atomic E-state index is 3.98. The molecule has 0 unspecified atom stereocenters. The molecular formula is C8H13NS2. The second-order valence-electron chi connectivity index (χ2n) is 1.97. The Morgan fingerprint density at radius 2 is 2.09 bits per heavy atom. The van der Waals surface area contributed by atoms with Gasteiger partial charge in [-0.05, 0) is 22.9 Å². The number of hydrogen-bond donors (Lipinski definition) is 1. The minimum absolute atomic E-state index is 0.941. The Morgan fingerprint density at radius 3 is 2.36 bits per heavy atom. The van der Waals surface area contributed by atoms with Crippen LogP contribution in [0.3, 0.4) is 0 Å². The highest BCUT2D eigenvalue weighted by Crippen LogP contribution is 2.16. The molecule has 0 atom stereocenters. The molecule has 0 amide bonds. The summed E-state index contributed by atoms with van der Waals surface area (Å²) in [6, 6.07) is 5.73. The maximum atomic E-state index is 3.98. The van der Waals surface area contributed by atoms with Crippen molar-refractivity contribution in [1.82, 2.24) is 4.98 Å². The van der Waals surface area contributed by atoms with E-state index in [4.69, 9.17) is 0 Å². The van der Waals surface area contributed by atoms with Gasteiger partial charge in [0.15, 0.2) is 0 Å². The van der Waals surface area contributed by atoms with Gasteiger partial charge in [0.05, 0.1) is 0 Å². The lowest BCUT2D eigenvalue weighted by molar-refractivity contribution is 1.09. The van der Waals surface area contributed by atoms with Gasteiger partial charge >= 0.3 is 0 Å². The Bertz CT molecular complexity index is 165. The van der Waals surface area contributed by atoms with Gasteiger partial charge in [-0.15, -0.1) is 11.7 Å². The Labute approximate surface area is 77.4 Å². The largest absolute Gasteiger partial charge is 0.249 e. The van der Waals surface area contributed by atoms with Crippen LogP contribution in [0.2, 0.25) is 0 Å². The van der Waals surface area contributed by atoms with Gasteiger partial charge in [0.25, 0.3) is 0 Å². The zero-order valence-corrected chi connectivity index (χ0v) is 8.53. The van der Waals surface area contributed by atoms with Crippen molar-refractivity contribution in [3.8, 4) is 0 Å². The van der Waals surface area contributed by atoms with Crippen LogP contribution < -0.4 is 0 Å². The number of pyridine rings is 1. The molecule has 1 aromatic rings. The summed E-state index contributed by atoms with van der Waals surface area (Å²) < 4.78 is 0. The van der Waals surface area contributed by atoms with Crippen LogP contribution in [0.1, 0.15) is 20.3 Å². The summed E-state index contributed by atoms with van der Waals surface area (Å²) in [4.78, 5) is 3.98. The molecule has 0 bridgehead atoms. The molecule has 62 valence electrons. The monoisotopic (exact) mass is 187 g/mol. The third-order valence-corrected chi connectivity index (χ3v) is 1.72. The molecule has 0 saturated carbocycles. The van der Waals surface area contributed by atoms with Crippen molar-refractivity contribution in [2.75, 3.05) is 0 Å². The van der Waals surface area contributed by atoms with E-state index in [1.807, 2.05) is 18.2 Å². The van der Waals surface area contributed by atoms with Gasteiger partial charge in [0.1, 0.15) is 5.03 Å². The molecule has 1 nitrogen and oxygen atoms in total. The Hall–Kier alpha value is -0.150. The summed E-state index contributed by atoms with van der Waals surface area (Å²) in [5.41, 5.74) is 0. The fourth-order valence-corrected chi connectivity index (χ4v) is 0.973. The van der Waals surface area contributed by atoms with Crippen LogP contribution >= 0.6 is 22.5 Å². The van der Waals surface area contributed by atoms with Gasteiger partial charge in [-0.1, -0.05) is 26.3 Å². The summed E-state index contributed by atoms with van der Waals surface area (Å²) in [6.07, 6.45) is 3.00. The van der Waals surface area contributed by atoms with Gasteiger partial charge in [0, 0.05) is 6.20 Å². The van der Waals surface area contributed by atoms with Crippen LogP contribution in [0.25, 0.3) is 0 Å². The molecule has 0 aliphatic rings. The van der Waals surface area contributed by atoms with E-state index in [9.17, 15) is 0 Å². The van der Waals surface area contributed by atoms with Gasteiger partial charge in [-0.2, -0.15) is 0 Å². The highest BCUT2D eigenvalue weighted by atomic mass is 33.1. The summed E-state index contributed by atoms with van der Waals surface area (Å²) in [5.74, 6) is 0. The van der Waals surface area contributed by atoms with Crippen molar-refractivity contribution in [2.24, 2.45) is 0 Å². The zero-order valence-electron chi connectivity index (χ0n) is 6.82. The second-order valence-corrected chi connectivity index (χ2v) is 3.11. The van der Waals surface area contributed by atoms with E-state index in [0.717, 1.165) is 5.03 Å². The van der Waals surface area contributed by atoms with Crippen LogP contribution in [0.5, 0.6) is 0 Å². The highest BCUT2D eigenvalue weighted by Gasteiger charge is 1.83. The molecule has 1 heterocycles. The molecule has 0 fully saturated rings. The minimum atomic E-state index is 0.941. The summed E-state index contributed by atoms with van der Waals surface area (Å²) in [5, 5.41) is 0.941. The van der Waals surface area contributed by atoms with E-state index in [0.29, 0.717) is 0 Å². The molecule has 0 aliphatic heterocycles. The summed E-state index contributed by atoms with van der Waals surface area (Å²) >= 11 is 3.96. The quantitative estimate of drug-likeness (QED) is 0.534. The van der Waals surface area contributed by atoms with Gasteiger partial charge in [-0.3, -0.25) is 0 Å². The van der Waals surface area contributed by atoms with Crippen LogP contribution in [0.4, 0.5) is 0 Å². The van der Waals surface area contributed by atoms with E-state index in [-0.39, 0.29) is 0 Å². The number of rotatable bonds is 1. The topological polar surface area (TPSA) is 12.9 Å². The summed E-state index contributed by atoms with van der Waals surface area (Å²) in [6.45, 7) is 4.25. The Morgan fingerprint density at radius 1 is 1.45 bits per heavy atom. The average Bonchev–Trinajstić information content (AvgIpc) is 2.08. The van der Waals surface area contributed by atoms with E-state index in [1.54, 1.807) is 6.20 Å². The number of hydrogen-bond acceptors (Lipinski definition) is 3. The molecule has 1 rings (SSSR count). The van der Waals surface area contributed by atoms with Gasteiger partial charge in [-0.25, -0.2) is 4.98 Å². The lowest BCUT2D eigenvalue weighted by atomic mass is 10.5. The SMILES string of the molecule is CCC.SSc1ccccn1. The van der Waals surface area contributed by atoms with Crippen molar-refractivity contribution in [3.63, 3.8) is 0 Å². The van der Waals surface area contributed by atoms with Crippen LogP contribution in [-0.4, -0.2) is 4.98 Å². The normalized spacial score (nSPS) is 8.27. The van der Waals surface area contributed by atoms with Crippen LogP contribution in [0.15, 0.2) is 29.4 Å². The Kier molecular flexibility index (Phi) is 7.84. The third kappa shape index (κ3) is 6.26. The molecule has 0 aliphatic carbocycles. The predicted octanol–water partition coefficient (Wildman–Crippen LogP) is 3.43. The van der Waals surface area contributed by atoms with Gasteiger partial charge < -0.3 is 0 Å². The second kappa shape index (κ2) is 7.95. The maximum Gasteiger partial charge on any atom is 0.106 e. The highest BCUT2D eigenvalue weighted by molar-refractivity contribution is 8.68. The van der Waals surface area contributed by atoms with E-state index < -0.39 is 0 Å². The first kappa shape index (κ1) is 10.8. The Balaban J connectivity index is 0.000000292. The molecule has 1 aromatic heterocycles. The van der Waals surface area contributed by atoms with Crippen molar-refractivity contribution in [3.05, 3.63) is 24.4 Å². The molecule has 0 saturated heterocycles.